The number of hydrogen-bond acceptors (Lipinski definition) is 2. The molecule has 2 heteroatoms. The van der Waals surface area contributed by atoms with Gasteiger partial charge in [-0.25, -0.2) is 0 Å². The van der Waals surface area contributed by atoms with Crippen LogP contribution in [0.5, 0.6) is 0 Å². The highest BCUT2D eigenvalue weighted by Gasteiger charge is 2.21. The summed E-state index contributed by atoms with van der Waals surface area (Å²) >= 11 is 0. The summed E-state index contributed by atoms with van der Waals surface area (Å²) in [6.07, 6.45) is 6.68. The molecule has 19 heavy (non-hydrogen) atoms. The van der Waals surface area contributed by atoms with E-state index >= 15 is 0 Å². The van der Waals surface area contributed by atoms with Gasteiger partial charge in [-0.1, -0.05) is 24.3 Å². The van der Waals surface area contributed by atoms with Crippen LogP contribution in [-0.2, 0) is 11.2 Å². The molecular formula is C17H25NO. The number of nitrogens with one attached hydrogen (secondary N) is 1. The summed E-state index contributed by atoms with van der Waals surface area (Å²) in [5.41, 5.74) is 3.13. The van der Waals surface area contributed by atoms with E-state index in [1.54, 1.807) is 11.1 Å². The molecule has 2 aliphatic carbocycles. The number of rotatable bonds is 7. The summed E-state index contributed by atoms with van der Waals surface area (Å²) < 4.78 is 5.65. The van der Waals surface area contributed by atoms with E-state index in [0.717, 1.165) is 32.2 Å². The molecular weight excluding hydrogens is 234 g/mol. The van der Waals surface area contributed by atoms with Crippen LogP contribution in [0.2, 0.25) is 0 Å². The maximum Gasteiger partial charge on any atom is 0.0591 e. The van der Waals surface area contributed by atoms with E-state index in [1.807, 2.05) is 0 Å². The van der Waals surface area contributed by atoms with Gasteiger partial charge in [-0.3, -0.25) is 0 Å². The Bertz CT molecular complexity index is 400. The van der Waals surface area contributed by atoms with Gasteiger partial charge < -0.3 is 10.1 Å². The largest absolute Gasteiger partial charge is 0.380 e. The third kappa shape index (κ3) is 3.80. The number of fused-ring (bicyclic) bond motifs is 1. The first-order valence-corrected chi connectivity index (χ1v) is 7.80. The highest BCUT2D eigenvalue weighted by Crippen LogP contribution is 2.30. The van der Waals surface area contributed by atoms with Gasteiger partial charge in [-0.05, 0) is 55.1 Å². The van der Waals surface area contributed by atoms with Gasteiger partial charge in [0.2, 0.25) is 0 Å². The standard InChI is InChI=1S/C17H25NO/c1-2-7-17-15(4-1)5-3-6-16(17)12-18-10-11-19-13-14-8-9-14/h1-2,4,7,14,16,18H,3,5-6,8-13H2. The van der Waals surface area contributed by atoms with Gasteiger partial charge in [0.1, 0.15) is 0 Å². The predicted octanol–water partition coefficient (Wildman–Crippen LogP) is 3.12. The molecule has 0 radical (unpaired) electrons. The Hall–Kier alpha value is -0.860. The van der Waals surface area contributed by atoms with Gasteiger partial charge in [-0.15, -0.1) is 0 Å². The molecule has 0 saturated heterocycles. The third-order valence-corrected chi connectivity index (χ3v) is 4.36. The monoisotopic (exact) mass is 259 g/mol. The van der Waals surface area contributed by atoms with Crippen LogP contribution in [0, 0.1) is 5.92 Å². The van der Waals surface area contributed by atoms with E-state index in [0.29, 0.717) is 5.92 Å². The first-order valence-electron chi connectivity index (χ1n) is 7.80. The summed E-state index contributed by atoms with van der Waals surface area (Å²) in [6, 6.07) is 8.95. The molecule has 0 amide bonds. The second-order valence-electron chi connectivity index (χ2n) is 6.01. The van der Waals surface area contributed by atoms with E-state index in [2.05, 4.69) is 29.6 Å². The van der Waals surface area contributed by atoms with Crippen molar-refractivity contribution < 1.29 is 4.74 Å². The van der Waals surface area contributed by atoms with Crippen LogP contribution < -0.4 is 5.32 Å². The van der Waals surface area contributed by atoms with Crippen molar-refractivity contribution in [3.05, 3.63) is 35.4 Å². The van der Waals surface area contributed by atoms with Crippen LogP contribution in [0.4, 0.5) is 0 Å². The molecule has 2 nitrogen and oxygen atoms in total. The summed E-state index contributed by atoms with van der Waals surface area (Å²) in [4.78, 5) is 0. The molecule has 0 bridgehead atoms. The van der Waals surface area contributed by atoms with E-state index < -0.39 is 0 Å². The lowest BCUT2D eigenvalue weighted by Gasteiger charge is -2.25. The Morgan fingerprint density at radius 1 is 1.16 bits per heavy atom. The molecule has 0 spiro atoms. The van der Waals surface area contributed by atoms with Crippen molar-refractivity contribution >= 4 is 0 Å². The van der Waals surface area contributed by atoms with Crippen molar-refractivity contribution in [2.24, 2.45) is 5.92 Å². The van der Waals surface area contributed by atoms with Crippen LogP contribution in [-0.4, -0.2) is 26.3 Å². The minimum atomic E-state index is 0.702. The molecule has 1 saturated carbocycles. The highest BCUT2D eigenvalue weighted by molar-refractivity contribution is 5.32. The molecule has 1 aromatic carbocycles. The Labute approximate surface area is 116 Å². The smallest absolute Gasteiger partial charge is 0.0591 e. The maximum atomic E-state index is 5.65. The van der Waals surface area contributed by atoms with E-state index in [9.17, 15) is 0 Å². The van der Waals surface area contributed by atoms with Crippen molar-refractivity contribution in [1.29, 1.82) is 0 Å². The fourth-order valence-corrected chi connectivity index (χ4v) is 3.02. The van der Waals surface area contributed by atoms with Crippen LogP contribution in [0.1, 0.15) is 42.7 Å². The summed E-state index contributed by atoms with van der Waals surface area (Å²) in [7, 11) is 0. The quantitative estimate of drug-likeness (QED) is 0.760. The van der Waals surface area contributed by atoms with Crippen molar-refractivity contribution in [2.45, 2.75) is 38.0 Å². The van der Waals surface area contributed by atoms with Crippen molar-refractivity contribution in [3.63, 3.8) is 0 Å². The SMILES string of the molecule is c1ccc2c(c1)CCCC2CNCCOCC1CC1. The molecule has 1 aromatic rings. The van der Waals surface area contributed by atoms with Crippen molar-refractivity contribution in [2.75, 3.05) is 26.3 Å². The second kappa shape index (κ2) is 6.53. The molecule has 1 atom stereocenters. The molecule has 2 aliphatic rings. The first kappa shape index (κ1) is 13.1. The zero-order chi connectivity index (χ0) is 12.9. The lowest BCUT2D eigenvalue weighted by molar-refractivity contribution is 0.126. The van der Waals surface area contributed by atoms with Crippen LogP contribution in [0.3, 0.4) is 0 Å². The van der Waals surface area contributed by atoms with Crippen LogP contribution in [0.15, 0.2) is 24.3 Å². The minimum absolute atomic E-state index is 0.702. The fraction of sp³-hybridized carbons (Fsp3) is 0.647. The zero-order valence-electron chi connectivity index (χ0n) is 11.7. The number of hydrogen-bond donors (Lipinski definition) is 1. The third-order valence-electron chi connectivity index (χ3n) is 4.36. The number of aryl methyl sites for hydroxylation is 1. The van der Waals surface area contributed by atoms with E-state index in [-0.39, 0.29) is 0 Å². The molecule has 1 N–H and O–H groups in total. The molecule has 0 aliphatic heterocycles. The number of benzene rings is 1. The topological polar surface area (TPSA) is 21.3 Å². The molecule has 3 rings (SSSR count). The van der Waals surface area contributed by atoms with Crippen LogP contribution >= 0.6 is 0 Å². The van der Waals surface area contributed by atoms with Crippen molar-refractivity contribution in [3.8, 4) is 0 Å². The average Bonchev–Trinajstić information content (AvgIpc) is 3.27. The molecule has 0 heterocycles. The molecule has 1 fully saturated rings. The molecule has 0 aromatic heterocycles. The van der Waals surface area contributed by atoms with Gasteiger partial charge in [0.05, 0.1) is 6.61 Å². The minimum Gasteiger partial charge on any atom is -0.380 e. The van der Waals surface area contributed by atoms with Crippen LogP contribution in [0.25, 0.3) is 0 Å². The van der Waals surface area contributed by atoms with Gasteiger partial charge in [0.25, 0.3) is 0 Å². The Kier molecular flexibility index (Phi) is 4.52. The Balaban J connectivity index is 1.38. The van der Waals surface area contributed by atoms with Gasteiger partial charge in [0.15, 0.2) is 0 Å². The summed E-state index contributed by atoms with van der Waals surface area (Å²) in [6.45, 7) is 3.94. The summed E-state index contributed by atoms with van der Waals surface area (Å²) in [5.74, 6) is 1.58. The zero-order valence-corrected chi connectivity index (χ0v) is 11.7. The molecule has 104 valence electrons. The predicted molar refractivity (Wildman–Crippen MR) is 78.5 cm³/mol. The summed E-state index contributed by atoms with van der Waals surface area (Å²) in [5, 5.41) is 3.57. The Morgan fingerprint density at radius 2 is 2.05 bits per heavy atom. The lowest BCUT2D eigenvalue weighted by atomic mass is 9.83. The fourth-order valence-electron chi connectivity index (χ4n) is 3.02. The van der Waals surface area contributed by atoms with E-state index in [4.69, 9.17) is 4.74 Å². The maximum absolute atomic E-state index is 5.65. The highest BCUT2D eigenvalue weighted by atomic mass is 16.5. The normalized spacial score (nSPS) is 22.2. The molecule has 1 unspecified atom stereocenters. The van der Waals surface area contributed by atoms with Gasteiger partial charge in [0, 0.05) is 19.7 Å². The van der Waals surface area contributed by atoms with Gasteiger partial charge >= 0.3 is 0 Å². The lowest BCUT2D eigenvalue weighted by Crippen LogP contribution is -2.27. The number of ether oxygens (including phenoxy) is 1. The first-order chi connectivity index (χ1) is 9.43. The second-order valence-corrected chi connectivity index (χ2v) is 6.01. The van der Waals surface area contributed by atoms with Gasteiger partial charge in [-0.2, -0.15) is 0 Å². The van der Waals surface area contributed by atoms with E-state index in [1.165, 1.54) is 32.1 Å². The van der Waals surface area contributed by atoms with Crippen molar-refractivity contribution in [1.82, 2.24) is 5.32 Å². The Morgan fingerprint density at radius 3 is 2.95 bits per heavy atom. The average molecular weight is 259 g/mol.